The number of pyridine rings is 1. The summed E-state index contributed by atoms with van der Waals surface area (Å²) in [5, 5.41) is 0. The second-order valence-corrected chi connectivity index (χ2v) is 7.54. The van der Waals surface area contributed by atoms with Crippen LogP contribution in [0.4, 0.5) is 11.6 Å². The molecule has 0 saturated heterocycles. The summed E-state index contributed by atoms with van der Waals surface area (Å²) < 4.78 is 11.2. The van der Waals surface area contributed by atoms with Crippen LogP contribution >= 0.6 is 0 Å². The van der Waals surface area contributed by atoms with Crippen LogP contribution in [-0.4, -0.2) is 40.6 Å². The Balaban J connectivity index is 1.62. The maximum absolute atomic E-state index is 6.02. The molecule has 0 amide bonds. The minimum absolute atomic E-state index is 0.187. The minimum atomic E-state index is 0.187. The zero-order valence-electron chi connectivity index (χ0n) is 17.5. The molecule has 0 radical (unpaired) electrons. The SMILES string of the molecule is COc1c(COc2nc(-c3cc(C)c4c(c3)CN(C)CC4)cnc2N)ccnc1N. The van der Waals surface area contributed by atoms with Crippen molar-refractivity contribution < 1.29 is 9.47 Å². The summed E-state index contributed by atoms with van der Waals surface area (Å²) in [6.45, 7) is 4.34. The van der Waals surface area contributed by atoms with Crippen molar-refractivity contribution in [1.29, 1.82) is 0 Å². The first kappa shape index (κ1) is 19.9. The Kier molecular flexibility index (Phi) is 5.41. The number of benzene rings is 1. The number of fused-ring (bicyclic) bond motifs is 1. The Morgan fingerprint density at radius 3 is 2.80 bits per heavy atom. The summed E-state index contributed by atoms with van der Waals surface area (Å²) in [5.74, 6) is 1.29. The van der Waals surface area contributed by atoms with Gasteiger partial charge < -0.3 is 25.8 Å². The maximum atomic E-state index is 6.02. The summed E-state index contributed by atoms with van der Waals surface area (Å²) in [6, 6.07) is 6.13. The van der Waals surface area contributed by atoms with Crippen LogP contribution in [0.25, 0.3) is 11.3 Å². The van der Waals surface area contributed by atoms with Crippen LogP contribution in [0.15, 0.2) is 30.6 Å². The van der Waals surface area contributed by atoms with Crippen molar-refractivity contribution in [3.63, 3.8) is 0 Å². The van der Waals surface area contributed by atoms with Crippen LogP contribution < -0.4 is 20.9 Å². The maximum Gasteiger partial charge on any atom is 0.258 e. The fourth-order valence-electron chi connectivity index (χ4n) is 3.84. The third-order valence-electron chi connectivity index (χ3n) is 5.39. The smallest absolute Gasteiger partial charge is 0.258 e. The Labute approximate surface area is 175 Å². The molecule has 1 aromatic carbocycles. The number of rotatable bonds is 5. The van der Waals surface area contributed by atoms with E-state index in [1.165, 1.54) is 16.7 Å². The van der Waals surface area contributed by atoms with E-state index >= 15 is 0 Å². The Bertz CT molecular complexity index is 1090. The summed E-state index contributed by atoms with van der Waals surface area (Å²) >= 11 is 0. The number of nitrogen functional groups attached to an aromatic ring is 2. The van der Waals surface area contributed by atoms with E-state index in [0.717, 1.165) is 36.3 Å². The zero-order chi connectivity index (χ0) is 21.3. The lowest BCUT2D eigenvalue weighted by atomic mass is 9.92. The van der Waals surface area contributed by atoms with Crippen LogP contribution in [0.5, 0.6) is 11.6 Å². The number of anilines is 2. The average Bonchev–Trinajstić information content (AvgIpc) is 2.72. The van der Waals surface area contributed by atoms with Crippen LogP contribution in [0.2, 0.25) is 0 Å². The lowest BCUT2D eigenvalue weighted by molar-refractivity contribution is 0.286. The van der Waals surface area contributed by atoms with Crippen molar-refractivity contribution in [3.8, 4) is 22.9 Å². The predicted octanol–water partition coefficient (Wildman–Crippen LogP) is 2.59. The van der Waals surface area contributed by atoms with Crippen molar-refractivity contribution in [1.82, 2.24) is 19.9 Å². The number of methoxy groups -OCH3 is 1. The molecule has 4 N–H and O–H groups in total. The van der Waals surface area contributed by atoms with Gasteiger partial charge in [0, 0.05) is 30.4 Å². The number of aryl methyl sites for hydroxylation is 1. The summed E-state index contributed by atoms with van der Waals surface area (Å²) in [7, 11) is 3.68. The molecule has 8 nitrogen and oxygen atoms in total. The minimum Gasteiger partial charge on any atom is -0.492 e. The molecule has 0 spiro atoms. The number of aromatic nitrogens is 3. The zero-order valence-corrected chi connectivity index (χ0v) is 17.5. The third-order valence-corrected chi connectivity index (χ3v) is 5.39. The molecule has 156 valence electrons. The monoisotopic (exact) mass is 406 g/mol. The third kappa shape index (κ3) is 3.86. The van der Waals surface area contributed by atoms with Gasteiger partial charge in [-0.05, 0) is 55.3 Å². The molecule has 1 aliphatic heterocycles. The van der Waals surface area contributed by atoms with Crippen molar-refractivity contribution in [3.05, 3.63) is 52.8 Å². The van der Waals surface area contributed by atoms with Gasteiger partial charge >= 0.3 is 0 Å². The molecule has 3 heterocycles. The molecule has 2 aromatic heterocycles. The lowest BCUT2D eigenvalue weighted by Crippen LogP contribution is -2.27. The van der Waals surface area contributed by atoms with E-state index in [4.69, 9.17) is 20.9 Å². The van der Waals surface area contributed by atoms with E-state index in [-0.39, 0.29) is 18.3 Å². The molecule has 0 atom stereocenters. The Morgan fingerprint density at radius 2 is 2.00 bits per heavy atom. The largest absolute Gasteiger partial charge is 0.492 e. The van der Waals surface area contributed by atoms with Gasteiger partial charge in [0.25, 0.3) is 5.88 Å². The fourth-order valence-corrected chi connectivity index (χ4v) is 3.84. The van der Waals surface area contributed by atoms with E-state index in [1.54, 1.807) is 25.6 Å². The molecule has 0 bridgehead atoms. The van der Waals surface area contributed by atoms with Gasteiger partial charge in [-0.2, -0.15) is 0 Å². The summed E-state index contributed by atoms with van der Waals surface area (Å²) in [5.41, 5.74) is 18.4. The number of nitrogens with zero attached hydrogens (tertiary/aromatic N) is 4. The molecular weight excluding hydrogens is 380 g/mol. The predicted molar refractivity (Wildman–Crippen MR) is 116 cm³/mol. The van der Waals surface area contributed by atoms with Crippen LogP contribution in [-0.2, 0) is 19.6 Å². The van der Waals surface area contributed by atoms with Gasteiger partial charge in [0.05, 0.1) is 19.0 Å². The van der Waals surface area contributed by atoms with E-state index in [2.05, 4.69) is 46.0 Å². The molecule has 8 heteroatoms. The first-order valence-corrected chi connectivity index (χ1v) is 9.80. The highest BCUT2D eigenvalue weighted by atomic mass is 16.5. The summed E-state index contributed by atoms with van der Waals surface area (Å²) in [4.78, 5) is 15.3. The molecule has 0 saturated carbocycles. The molecule has 0 aliphatic carbocycles. The van der Waals surface area contributed by atoms with E-state index in [0.29, 0.717) is 11.6 Å². The highest BCUT2D eigenvalue weighted by Crippen LogP contribution is 2.30. The van der Waals surface area contributed by atoms with Crippen molar-refractivity contribution in [2.45, 2.75) is 26.5 Å². The topological polar surface area (TPSA) is 112 Å². The number of likely N-dealkylation sites (N-methyl/N-ethyl adjacent to an activating group) is 1. The van der Waals surface area contributed by atoms with Crippen molar-refractivity contribution in [2.24, 2.45) is 0 Å². The second kappa shape index (κ2) is 8.16. The standard InChI is InChI=1S/C22H26N6O2/c1-13-8-15(9-16-11-28(2)7-5-17(13)16)18-10-26-21(24)22(27-18)30-12-14-4-6-25-20(23)19(14)29-3/h4,6,8-10H,5,7,11-12H2,1-3H3,(H2,23,25)(H2,24,26). The first-order chi connectivity index (χ1) is 14.5. The lowest BCUT2D eigenvalue weighted by Gasteiger charge is -2.27. The highest BCUT2D eigenvalue weighted by molar-refractivity contribution is 5.64. The molecule has 3 aromatic rings. The Morgan fingerprint density at radius 1 is 1.17 bits per heavy atom. The van der Waals surface area contributed by atoms with Crippen molar-refractivity contribution >= 4 is 11.6 Å². The molecule has 30 heavy (non-hydrogen) atoms. The number of hydrogen-bond acceptors (Lipinski definition) is 8. The normalized spacial score (nSPS) is 13.7. The van der Waals surface area contributed by atoms with Crippen LogP contribution in [0.3, 0.4) is 0 Å². The molecule has 4 rings (SSSR count). The van der Waals surface area contributed by atoms with Gasteiger partial charge in [-0.3, -0.25) is 0 Å². The van der Waals surface area contributed by atoms with E-state index in [1.807, 2.05) is 0 Å². The number of ether oxygens (including phenoxy) is 2. The average molecular weight is 406 g/mol. The van der Waals surface area contributed by atoms with Gasteiger partial charge in [0.2, 0.25) is 0 Å². The fraction of sp³-hybridized carbons (Fsp3) is 0.318. The second-order valence-electron chi connectivity index (χ2n) is 7.54. The quantitative estimate of drug-likeness (QED) is 0.665. The number of hydrogen-bond donors (Lipinski definition) is 2. The Hall–Kier alpha value is -3.39. The van der Waals surface area contributed by atoms with Gasteiger partial charge in [-0.15, -0.1) is 0 Å². The molecule has 1 aliphatic rings. The van der Waals surface area contributed by atoms with E-state index in [9.17, 15) is 0 Å². The van der Waals surface area contributed by atoms with Gasteiger partial charge in [0.1, 0.15) is 6.61 Å². The number of nitrogens with two attached hydrogens (primary N) is 2. The van der Waals surface area contributed by atoms with Gasteiger partial charge in [-0.1, -0.05) is 0 Å². The highest BCUT2D eigenvalue weighted by Gasteiger charge is 2.18. The van der Waals surface area contributed by atoms with Crippen LogP contribution in [0.1, 0.15) is 22.3 Å². The molecular formula is C22H26N6O2. The van der Waals surface area contributed by atoms with E-state index < -0.39 is 0 Å². The van der Waals surface area contributed by atoms with Gasteiger partial charge in [-0.25, -0.2) is 15.0 Å². The summed E-state index contributed by atoms with van der Waals surface area (Å²) in [6.07, 6.45) is 4.35. The molecule has 0 fully saturated rings. The van der Waals surface area contributed by atoms with Crippen molar-refractivity contribution in [2.75, 3.05) is 32.2 Å². The first-order valence-electron chi connectivity index (χ1n) is 9.80. The van der Waals surface area contributed by atoms with Crippen LogP contribution in [0, 0.1) is 6.92 Å². The van der Waals surface area contributed by atoms with Gasteiger partial charge in [0.15, 0.2) is 17.4 Å². The molecule has 0 unspecified atom stereocenters.